The zero-order valence-corrected chi connectivity index (χ0v) is 8.49. The predicted octanol–water partition coefficient (Wildman–Crippen LogP) is 2.63. The molecule has 0 aliphatic heterocycles. The SMILES string of the molecule is CCc1cnccc1C(=O)CC1CC1. The first-order valence-electron chi connectivity index (χ1n) is 5.27. The molecule has 0 bridgehead atoms. The van der Waals surface area contributed by atoms with Crippen LogP contribution in [0.15, 0.2) is 18.5 Å². The van der Waals surface area contributed by atoms with E-state index in [1.807, 2.05) is 6.07 Å². The molecule has 1 fully saturated rings. The monoisotopic (exact) mass is 189 g/mol. The summed E-state index contributed by atoms with van der Waals surface area (Å²) in [4.78, 5) is 15.9. The van der Waals surface area contributed by atoms with Crippen molar-refractivity contribution in [2.24, 2.45) is 5.92 Å². The Morgan fingerprint density at radius 3 is 3.00 bits per heavy atom. The summed E-state index contributed by atoms with van der Waals surface area (Å²) in [5, 5.41) is 0. The second-order valence-corrected chi connectivity index (χ2v) is 3.96. The molecule has 1 aromatic rings. The Balaban J connectivity index is 2.16. The largest absolute Gasteiger partial charge is 0.294 e. The molecule has 1 heterocycles. The maximum Gasteiger partial charge on any atom is 0.163 e. The van der Waals surface area contributed by atoms with E-state index in [-0.39, 0.29) is 0 Å². The molecule has 74 valence electrons. The molecule has 0 aromatic carbocycles. The summed E-state index contributed by atoms with van der Waals surface area (Å²) in [7, 11) is 0. The van der Waals surface area contributed by atoms with Crippen LogP contribution in [0.3, 0.4) is 0 Å². The third-order valence-electron chi connectivity index (χ3n) is 2.76. The molecule has 0 unspecified atom stereocenters. The highest BCUT2D eigenvalue weighted by atomic mass is 16.1. The van der Waals surface area contributed by atoms with Crippen molar-refractivity contribution in [3.05, 3.63) is 29.6 Å². The number of pyridine rings is 1. The molecule has 0 radical (unpaired) electrons. The Bertz CT molecular complexity index is 342. The van der Waals surface area contributed by atoms with Gasteiger partial charge in [-0.25, -0.2) is 0 Å². The number of aromatic nitrogens is 1. The van der Waals surface area contributed by atoms with Gasteiger partial charge < -0.3 is 0 Å². The number of hydrogen-bond donors (Lipinski definition) is 0. The van der Waals surface area contributed by atoms with Gasteiger partial charge in [0, 0.05) is 24.4 Å². The minimum Gasteiger partial charge on any atom is -0.294 e. The second kappa shape index (κ2) is 3.91. The van der Waals surface area contributed by atoms with Gasteiger partial charge >= 0.3 is 0 Å². The normalized spacial score (nSPS) is 15.5. The average molecular weight is 189 g/mol. The Kier molecular flexibility index (Phi) is 2.62. The van der Waals surface area contributed by atoms with E-state index in [0.717, 1.165) is 24.0 Å². The van der Waals surface area contributed by atoms with Gasteiger partial charge in [-0.15, -0.1) is 0 Å². The maximum atomic E-state index is 11.8. The average Bonchev–Trinajstić information content (AvgIpc) is 3.01. The van der Waals surface area contributed by atoms with E-state index in [2.05, 4.69) is 11.9 Å². The molecule has 2 rings (SSSR count). The van der Waals surface area contributed by atoms with Gasteiger partial charge in [-0.1, -0.05) is 6.92 Å². The van der Waals surface area contributed by atoms with Crippen LogP contribution < -0.4 is 0 Å². The first-order chi connectivity index (χ1) is 6.81. The number of aryl methyl sites for hydroxylation is 1. The van der Waals surface area contributed by atoms with E-state index in [4.69, 9.17) is 0 Å². The van der Waals surface area contributed by atoms with Gasteiger partial charge in [0.15, 0.2) is 5.78 Å². The summed E-state index contributed by atoms with van der Waals surface area (Å²) in [6.45, 7) is 2.06. The standard InChI is InChI=1S/C12H15NO/c1-2-10-8-13-6-5-11(10)12(14)7-9-3-4-9/h5-6,8-9H,2-4,7H2,1H3. The molecule has 0 saturated heterocycles. The fourth-order valence-corrected chi connectivity index (χ4v) is 1.68. The molecule has 1 aliphatic carbocycles. The first-order valence-corrected chi connectivity index (χ1v) is 5.27. The topological polar surface area (TPSA) is 30.0 Å². The predicted molar refractivity (Wildman–Crippen MR) is 55.3 cm³/mol. The van der Waals surface area contributed by atoms with Gasteiger partial charge in [0.2, 0.25) is 0 Å². The summed E-state index contributed by atoms with van der Waals surface area (Å²) in [6, 6.07) is 1.85. The van der Waals surface area contributed by atoms with Crippen molar-refractivity contribution in [3.63, 3.8) is 0 Å². The first kappa shape index (κ1) is 9.38. The summed E-state index contributed by atoms with van der Waals surface area (Å²) >= 11 is 0. The van der Waals surface area contributed by atoms with Gasteiger partial charge in [-0.05, 0) is 36.8 Å². The number of carbonyl (C=O) groups excluding carboxylic acids is 1. The molecule has 1 saturated carbocycles. The van der Waals surface area contributed by atoms with Gasteiger partial charge in [-0.3, -0.25) is 9.78 Å². The molecule has 1 aliphatic rings. The van der Waals surface area contributed by atoms with Gasteiger partial charge in [0.05, 0.1) is 0 Å². The lowest BCUT2D eigenvalue weighted by molar-refractivity contribution is 0.0975. The maximum absolute atomic E-state index is 11.8. The molecule has 1 aromatic heterocycles. The lowest BCUT2D eigenvalue weighted by Crippen LogP contribution is -2.04. The molecular formula is C12H15NO. The van der Waals surface area contributed by atoms with E-state index >= 15 is 0 Å². The van der Waals surface area contributed by atoms with E-state index in [0.29, 0.717) is 11.7 Å². The summed E-state index contributed by atoms with van der Waals surface area (Å²) in [5.41, 5.74) is 1.97. The van der Waals surface area contributed by atoms with E-state index in [9.17, 15) is 4.79 Å². The van der Waals surface area contributed by atoms with Gasteiger partial charge in [0.1, 0.15) is 0 Å². The second-order valence-electron chi connectivity index (χ2n) is 3.96. The highest BCUT2D eigenvalue weighted by Crippen LogP contribution is 2.33. The van der Waals surface area contributed by atoms with Crippen LogP contribution in [-0.4, -0.2) is 10.8 Å². The third-order valence-corrected chi connectivity index (χ3v) is 2.76. The number of carbonyl (C=O) groups is 1. The van der Waals surface area contributed by atoms with Crippen molar-refractivity contribution >= 4 is 5.78 Å². The van der Waals surface area contributed by atoms with Crippen LogP contribution in [0.5, 0.6) is 0 Å². The van der Waals surface area contributed by atoms with Crippen LogP contribution in [0.4, 0.5) is 0 Å². The molecule has 14 heavy (non-hydrogen) atoms. The van der Waals surface area contributed by atoms with Crippen molar-refractivity contribution < 1.29 is 4.79 Å². The fourth-order valence-electron chi connectivity index (χ4n) is 1.68. The molecule has 0 N–H and O–H groups in total. The Morgan fingerprint density at radius 2 is 2.36 bits per heavy atom. The van der Waals surface area contributed by atoms with Crippen LogP contribution in [0.1, 0.15) is 42.1 Å². The zero-order chi connectivity index (χ0) is 9.97. The van der Waals surface area contributed by atoms with Crippen LogP contribution >= 0.6 is 0 Å². The lowest BCUT2D eigenvalue weighted by Gasteiger charge is -2.04. The number of rotatable bonds is 4. The quantitative estimate of drug-likeness (QED) is 0.681. The van der Waals surface area contributed by atoms with Crippen molar-refractivity contribution in [2.75, 3.05) is 0 Å². The summed E-state index contributed by atoms with van der Waals surface area (Å²) in [6.07, 6.45) is 7.60. The van der Waals surface area contributed by atoms with Crippen molar-refractivity contribution in [1.29, 1.82) is 0 Å². The number of Topliss-reactive ketones (excluding diaryl/α,β-unsaturated/α-hetero) is 1. The Morgan fingerprint density at radius 1 is 1.57 bits per heavy atom. The summed E-state index contributed by atoms with van der Waals surface area (Å²) in [5.74, 6) is 0.965. The molecule has 0 amide bonds. The molecule has 0 atom stereocenters. The molecular weight excluding hydrogens is 174 g/mol. The minimum absolute atomic E-state index is 0.298. The van der Waals surface area contributed by atoms with Crippen LogP contribution in [-0.2, 0) is 6.42 Å². The van der Waals surface area contributed by atoms with Crippen molar-refractivity contribution in [3.8, 4) is 0 Å². The Labute approximate surface area is 84.4 Å². The summed E-state index contributed by atoms with van der Waals surface area (Å²) < 4.78 is 0. The number of nitrogens with zero attached hydrogens (tertiary/aromatic N) is 1. The fraction of sp³-hybridized carbons (Fsp3) is 0.500. The van der Waals surface area contributed by atoms with E-state index in [1.165, 1.54) is 12.8 Å². The smallest absolute Gasteiger partial charge is 0.163 e. The van der Waals surface area contributed by atoms with Crippen LogP contribution in [0.2, 0.25) is 0 Å². The molecule has 0 spiro atoms. The lowest BCUT2D eigenvalue weighted by atomic mass is 10.0. The van der Waals surface area contributed by atoms with E-state index in [1.54, 1.807) is 12.4 Å². The van der Waals surface area contributed by atoms with Crippen LogP contribution in [0.25, 0.3) is 0 Å². The molecule has 2 nitrogen and oxygen atoms in total. The van der Waals surface area contributed by atoms with Gasteiger partial charge in [0.25, 0.3) is 0 Å². The number of ketones is 1. The minimum atomic E-state index is 0.298. The van der Waals surface area contributed by atoms with Crippen molar-refractivity contribution in [1.82, 2.24) is 4.98 Å². The van der Waals surface area contributed by atoms with Gasteiger partial charge in [-0.2, -0.15) is 0 Å². The van der Waals surface area contributed by atoms with Crippen molar-refractivity contribution in [2.45, 2.75) is 32.6 Å². The Hall–Kier alpha value is -1.18. The number of hydrogen-bond acceptors (Lipinski definition) is 2. The highest BCUT2D eigenvalue weighted by molar-refractivity contribution is 5.97. The third kappa shape index (κ3) is 2.00. The van der Waals surface area contributed by atoms with Crippen LogP contribution in [0, 0.1) is 5.92 Å². The molecule has 2 heteroatoms. The van der Waals surface area contributed by atoms with E-state index < -0.39 is 0 Å². The zero-order valence-electron chi connectivity index (χ0n) is 8.49. The highest BCUT2D eigenvalue weighted by Gasteiger charge is 2.25.